The van der Waals surface area contributed by atoms with Gasteiger partial charge in [0.05, 0.1) is 11.8 Å². The van der Waals surface area contributed by atoms with Gasteiger partial charge in [-0.05, 0) is 38.5 Å². The number of aliphatic carboxylic acids is 1. The highest BCUT2D eigenvalue weighted by molar-refractivity contribution is 5.85. The van der Waals surface area contributed by atoms with E-state index in [0.29, 0.717) is 18.9 Å². The van der Waals surface area contributed by atoms with Gasteiger partial charge in [0.25, 0.3) is 0 Å². The van der Waals surface area contributed by atoms with E-state index in [1.165, 1.54) is 6.42 Å². The largest absolute Gasteiger partial charge is 0.481 e. The van der Waals surface area contributed by atoms with E-state index >= 15 is 0 Å². The van der Waals surface area contributed by atoms with E-state index in [0.717, 1.165) is 32.2 Å². The smallest absolute Gasteiger partial charge is 0.307 e. The van der Waals surface area contributed by atoms with Crippen molar-refractivity contribution in [3.63, 3.8) is 0 Å². The fourth-order valence-corrected chi connectivity index (χ4v) is 3.50. The van der Waals surface area contributed by atoms with Crippen molar-refractivity contribution < 1.29 is 14.7 Å². The Balaban J connectivity index is 2.11. The first-order chi connectivity index (χ1) is 9.65. The number of allylic oxidation sites excluding steroid dienone is 2. The van der Waals surface area contributed by atoms with Crippen molar-refractivity contribution in [2.75, 3.05) is 6.54 Å². The third kappa shape index (κ3) is 3.22. The van der Waals surface area contributed by atoms with Crippen LogP contribution in [0.5, 0.6) is 0 Å². The van der Waals surface area contributed by atoms with Crippen molar-refractivity contribution in [3.05, 3.63) is 12.2 Å². The van der Waals surface area contributed by atoms with Crippen LogP contribution < -0.4 is 0 Å². The molecule has 0 aromatic rings. The number of hydrogen-bond acceptors (Lipinski definition) is 2. The molecule has 1 aliphatic heterocycles. The molecule has 0 aromatic heterocycles. The summed E-state index contributed by atoms with van der Waals surface area (Å²) in [6, 6.07) is 0.321. The summed E-state index contributed by atoms with van der Waals surface area (Å²) in [5, 5.41) is 9.32. The predicted molar refractivity (Wildman–Crippen MR) is 77.2 cm³/mol. The molecule has 1 amide bonds. The number of carbonyl (C=O) groups excluding carboxylic acids is 1. The number of likely N-dealkylation sites (tertiary alicyclic amines) is 1. The zero-order valence-corrected chi connectivity index (χ0v) is 12.3. The lowest BCUT2D eigenvalue weighted by molar-refractivity contribution is -0.152. The van der Waals surface area contributed by atoms with Crippen LogP contribution in [0.25, 0.3) is 0 Å². The highest BCUT2D eigenvalue weighted by atomic mass is 16.4. The van der Waals surface area contributed by atoms with E-state index in [-0.39, 0.29) is 11.8 Å². The predicted octanol–water partition coefficient (Wildman–Crippen LogP) is 2.83. The minimum Gasteiger partial charge on any atom is -0.481 e. The van der Waals surface area contributed by atoms with Gasteiger partial charge < -0.3 is 10.0 Å². The molecule has 112 valence electrons. The molecular weight excluding hydrogens is 254 g/mol. The molecule has 1 fully saturated rings. The van der Waals surface area contributed by atoms with E-state index < -0.39 is 11.9 Å². The molecule has 0 spiro atoms. The zero-order chi connectivity index (χ0) is 14.5. The summed E-state index contributed by atoms with van der Waals surface area (Å²) in [5.41, 5.74) is 0. The lowest BCUT2D eigenvalue weighted by Crippen LogP contribution is -2.49. The van der Waals surface area contributed by atoms with Gasteiger partial charge >= 0.3 is 5.97 Å². The molecule has 1 saturated heterocycles. The maximum absolute atomic E-state index is 12.8. The molecule has 1 N–H and O–H groups in total. The van der Waals surface area contributed by atoms with E-state index in [2.05, 4.69) is 6.92 Å². The number of rotatable bonds is 4. The first kappa shape index (κ1) is 15.1. The maximum Gasteiger partial charge on any atom is 0.307 e. The molecule has 3 atom stereocenters. The Bertz CT molecular complexity index is 389. The zero-order valence-electron chi connectivity index (χ0n) is 12.3. The molecule has 1 heterocycles. The minimum absolute atomic E-state index is 0.0694. The van der Waals surface area contributed by atoms with Crippen molar-refractivity contribution >= 4 is 11.9 Å². The van der Waals surface area contributed by atoms with Crippen LogP contribution in [0.1, 0.15) is 51.9 Å². The molecule has 0 bridgehead atoms. The van der Waals surface area contributed by atoms with E-state index in [4.69, 9.17) is 0 Å². The lowest BCUT2D eigenvalue weighted by Gasteiger charge is -2.39. The molecule has 1 aliphatic carbocycles. The Morgan fingerprint density at radius 3 is 2.55 bits per heavy atom. The average molecular weight is 279 g/mol. The number of carboxylic acid groups (broad SMARTS) is 1. The second kappa shape index (κ2) is 6.91. The van der Waals surface area contributed by atoms with E-state index in [1.807, 2.05) is 17.1 Å². The summed E-state index contributed by atoms with van der Waals surface area (Å²) in [4.78, 5) is 26.1. The van der Waals surface area contributed by atoms with Crippen LogP contribution in [0.3, 0.4) is 0 Å². The first-order valence-electron chi connectivity index (χ1n) is 7.83. The van der Waals surface area contributed by atoms with Gasteiger partial charge in [0.1, 0.15) is 0 Å². The standard InChI is InChI=1S/C16H25NO3/c1-2-7-12-8-5-6-11-17(12)15(18)13-9-3-4-10-14(13)16(19)20/h3-4,12-14H,2,5-11H2,1H3,(H,19,20). The fourth-order valence-electron chi connectivity index (χ4n) is 3.50. The SMILES string of the molecule is CCCC1CCCCN1C(=O)C1CC=CCC1C(=O)O. The highest BCUT2D eigenvalue weighted by Gasteiger charge is 2.38. The van der Waals surface area contributed by atoms with Gasteiger partial charge in [-0.3, -0.25) is 9.59 Å². The molecule has 2 rings (SSSR count). The van der Waals surface area contributed by atoms with Gasteiger partial charge in [0.2, 0.25) is 5.91 Å². The molecule has 3 unspecified atom stereocenters. The van der Waals surface area contributed by atoms with E-state index in [9.17, 15) is 14.7 Å². The molecule has 2 aliphatic rings. The number of nitrogens with zero attached hydrogens (tertiary/aromatic N) is 1. The number of piperidine rings is 1. The second-order valence-corrected chi connectivity index (χ2v) is 5.96. The van der Waals surface area contributed by atoms with Crippen molar-refractivity contribution in [1.82, 2.24) is 4.90 Å². The Morgan fingerprint density at radius 1 is 1.20 bits per heavy atom. The Morgan fingerprint density at radius 2 is 1.90 bits per heavy atom. The van der Waals surface area contributed by atoms with Gasteiger partial charge in [-0.25, -0.2) is 0 Å². The number of carboxylic acids is 1. The second-order valence-electron chi connectivity index (χ2n) is 5.96. The Hall–Kier alpha value is -1.32. The number of hydrogen-bond donors (Lipinski definition) is 1. The summed E-state index contributed by atoms with van der Waals surface area (Å²) < 4.78 is 0. The number of amides is 1. The first-order valence-corrected chi connectivity index (χ1v) is 7.83. The van der Waals surface area contributed by atoms with Gasteiger partial charge in [0, 0.05) is 12.6 Å². The Labute approximate surface area is 120 Å². The van der Waals surface area contributed by atoms with Crippen LogP contribution >= 0.6 is 0 Å². The summed E-state index contributed by atoms with van der Waals surface area (Å²) in [5.74, 6) is -1.68. The third-order valence-electron chi connectivity index (χ3n) is 4.60. The van der Waals surface area contributed by atoms with Gasteiger partial charge in [-0.15, -0.1) is 0 Å². The van der Waals surface area contributed by atoms with Crippen LogP contribution in [0.4, 0.5) is 0 Å². The summed E-state index contributed by atoms with van der Waals surface area (Å²) in [6.07, 6.45) is 10.3. The molecule has 0 saturated carbocycles. The monoisotopic (exact) mass is 279 g/mol. The Kier molecular flexibility index (Phi) is 5.21. The fraction of sp³-hybridized carbons (Fsp3) is 0.750. The van der Waals surface area contributed by atoms with Crippen LogP contribution in [0.2, 0.25) is 0 Å². The van der Waals surface area contributed by atoms with Crippen molar-refractivity contribution in [3.8, 4) is 0 Å². The maximum atomic E-state index is 12.8. The van der Waals surface area contributed by atoms with Crippen LogP contribution in [-0.2, 0) is 9.59 Å². The molecule has 0 aromatic carbocycles. The molecular formula is C16H25NO3. The summed E-state index contributed by atoms with van der Waals surface area (Å²) in [6.45, 7) is 2.94. The van der Waals surface area contributed by atoms with Gasteiger partial charge in [0.15, 0.2) is 0 Å². The molecule has 4 heteroatoms. The van der Waals surface area contributed by atoms with Crippen LogP contribution in [-0.4, -0.2) is 34.5 Å². The van der Waals surface area contributed by atoms with Gasteiger partial charge in [-0.2, -0.15) is 0 Å². The topological polar surface area (TPSA) is 57.6 Å². The summed E-state index contributed by atoms with van der Waals surface area (Å²) in [7, 11) is 0. The number of carbonyl (C=O) groups is 2. The average Bonchev–Trinajstić information content (AvgIpc) is 2.47. The van der Waals surface area contributed by atoms with Crippen LogP contribution in [0, 0.1) is 11.8 Å². The van der Waals surface area contributed by atoms with Crippen LogP contribution in [0.15, 0.2) is 12.2 Å². The molecule has 4 nitrogen and oxygen atoms in total. The van der Waals surface area contributed by atoms with Crippen molar-refractivity contribution in [1.29, 1.82) is 0 Å². The van der Waals surface area contributed by atoms with E-state index in [1.54, 1.807) is 0 Å². The third-order valence-corrected chi connectivity index (χ3v) is 4.60. The normalized spacial score (nSPS) is 30.2. The van der Waals surface area contributed by atoms with Crippen molar-refractivity contribution in [2.24, 2.45) is 11.8 Å². The van der Waals surface area contributed by atoms with Gasteiger partial charge in [-0.1, -0.05) is 25.5 Å². The highest BCUT2D eigenvalue weighted by Crippen LogP contribution is 2.31. The summed E-state index contributed by atoms with van der Waals surface area (Å²) >= 11 is 0. The van der Waals surface area contributed by atoms with Crippen molar-refractivity contribution in [2.45, 2.75) is 57.9 Å². The minimum atomic E-state index is -0.836. The lowest BCUT2D eigenvalue weighted by atomic mass is 9.81. The molecule has 0 radical (unpaired) electrons. The molecule has 20 heavy (non-hydrogen) atoms. The quantitative estimate of drug-likeness (QED) is 0.805.